The third-order valence-electron chi connectivity index (χ3n) is 4.22. The highest BCUT2D eigenvalue weighted by atomic mass is 32.2. The molecule has 0 spiro atoms. The number of phenols is 1. The summed E-state index contributed by atoms with van der Waals surface area (Å²) in [5.41, 5.74) is 3.95. The Morgan fingerprint density at radius 3 is 2.27 bits per heavy atom. The molecule has 0 saturated carbocycles. The number of nitrogens with one attached hydrogen (secondary N) is 1. The van der Waals surface area contributed by atoms with E-state index in [-0.39, 0.29) is 11.3 Å². The highest BCUT2D eigenvalue weighted by molar-refractivity contribution is 7.99. The predicted molar refractivity (Wildman–Crippen MR) is 110 cm³/mol. The van der Waals surface area contributed by atoms with Crippen molar-refractivity contribution in [1.82, 2.24) is 0 Å². The van der Waals surface area contributed by atoms with Crippen molar-refractivity contribution in [1.29, 1.82) is 0 Å². The zero-order valence-electron chi connectivity index (χ0n) is 16.6. The highest BCUT2D eigenvalue weighted by Crippen LogP contribution is 2.39. The smallest absolute Gasteiger partial charge is 0.224 e. The number of rotatable bonds is 5. The number of phenolic OH excluding ortho intramolecular Hbond substituents is 1. The third-order valence-corrected chi connectivity index (χ3v) is 5.55. The van der Waals surface area contributed by atoms with Gasteiger partial charge in [0.2, 0.25) is 5.91 Å². The summed E-state index contributed by atoms with van der Waals surface area (Å²) >= 11 is 1.69. The molecule has 0 aliphatic carbocycles. The standard InChI is InChI=1S/C22H29NO2S/c1-7-8-20(25)23-16-11-14(2)21(15(3)12-16)26-17-9-10-19(24)18(13-17)22(4,5)6/h9-13,24H,7-8H2,1-6H3,(H,23,25). The van der Waals surface area contributed by atoms with Crippen LogP contribution >= 0.6 is 11.8 Å². The molecule has 1 amide bonds. The summed E-state index contributed by atoms with van der Waals surface area (Å²) in [6, 6.07) is 9.83. The van der Waals surface area contributed by atoms with Gasteiger partial charge in [-0.15, -0.1) is 0 Å². The molecule has 0 aliphatic heterocycles. The number of carbonyl (C=O) groups is 1. The molecule has 2 aromatic carbocycles. The van der Waals surface area contributed by atoms with E-state index in [2.05, 4.69) is 46.0 Å². The van der Waals surface area contributed by atoms with Crippen LogP contribution in [-0.4, -0.2) is 11.0 Å². The van der Waals surface area contributed by atoms with Gasteiger partial charge in [-0.3, -0.25) is 4.79 Å². The van der Waals surface area contributed by atoms with Crippen LogP contribution in [-0.2, 0) is 10.2 Å². The van der Waals surface area contributed by atoms with Gasteiger partial charge < -0.3 is 10.4 Å². The summed E-state index contributed by atoms with van der Waals surface area (Å²) in [5, 5.41) is 13.1. The normalized spacial score (nSPS) is 11.5. The molecule has 0 heterocycles. The van der Waals surface area contributed by atoms with Gasteiger partial charge in [-0.05, 0) is 67.1 Å². The first-order chi connectivity index (χ1) is 12.1. The van der Waals surface area contributed by atoms with Gasteiger partial charge in [0.1, 0.15) is 5.75 Å². The summed E-state index contributed by atoms with van der Waals surface area (Å²) in [7, 11) is 0. The fraction of sp³-hybridized carbons (Fsp3) is 0.409. The van der Waals surface area contributed by atoms with Crippen LogP contribution in [0, 0.1) is 13.8 Å². The van der Waals surface area contributed by atoms with Crippen molar-refractivity contribution in [2.75, 3.05) is 5.32 Å². The van der Waals surface area contributed by atoms with Crippen LogP contribution in [0.4, 0.5) is 5.69 Å². The summed E-state index contributed by atoms with van der Waals surface area (Å²) in [6.07, 6.45) is 1.38. The van der Waals surface area contributed by atoms with Crippen LogP contribution in [0.5, 0.6) is 5.75 Å². The van der Waals surface area contributed by atoms with Crippen LogP contribution in [0.1, 0.15) is 57.2 Å². The molecule has 0 aliphatic rings. The van der Waals surface area contributed by atoms with E-state index in [0.29, 0.717) is 12.2 Å². The molecule has 4 heteroatoms. The van der Waals surface area contributed by atoms with Gasteiger partial charge in [-0.2, -0.15) is 0 Å². The number of aryl methyl sites for hydroxylation is 2. The second-order valence-corrected chi connectivity index (χ2v) is 8.85. The average molecular weight is 372 g/mol. The molecule has 26 heavy (non-hydrogen) atoms. The molecule has 2 N–H and O–H groups in total. The van der Waals surface area contributed by atoms with Crippen LogP contribution in [0.3, 0.4) is 0 Å². The van der Waals surface area contributed by atoms with Crippen molar-refractivity contribution in [3.63, 3.8) is 0 Å². The fourth-order valence-corrected chi connectivity index (χ4v) is 3.92. The lowest BCUT2D eigenvalue weighted by Gasteiger charge is -2.21. The van der Waals surface area contributed by atoms with Crippen molar-refractivity contribution < 1.29 is 9.90 Å². The summed E-state index contributed by atoms with van der Waals surface area (Å²) in [6.45, 7) is 12.4. The van der Waals surface area contributed by atoms with E-state index in [0.717, 1.165) is 33.7 Å². The van der Waals surface area contributed by atoms with Crippen molar-refractivity contribution in [2.45, 2.75) is 69.6 Å². The van der Waals surface area contributed by atoms with Crippen molar-refractivity contribution >= 4 is 23.4 Å². The lowest BCUT2D eigenvalue weighted by molar-refractivity contribution is -0.116. The van der Waals surface area contributed by atoms with Gasteiger partial charge in [0, 0.05) is 27.5 Å². The molecule has 0 atom stereocenters. The molecule has 0 radical (unpaired) electrons. The maximum Gasteiger partial charge on any atom is 0.224 e. The van der Waals surface area contributed by atoms with Gasteiger partial charge in [-0.25, -0.2) is 0 Å². The first-order valence-corrected chi connectivity index (χ1v) is 9.86. The minimum absolute atomic E-state index is 0.0556. The van der Waals surface area contributed by atoms with E-state index in [1.807, 2.05) is 25.1 Å². The van der Waals surface area contributed by atoms with E-state index in [1.165, 1.54) is 4.90 Å². The van der Waals surface area contributed by atoms with E-state index in [9.17, 15) is 9.90 Å². The molecular weight excluding hydrogens is 342 g/mol. The SMILES string of the molecule is CCCC(=O)Nc1cc(C)c(Sc2ccc(O)c(C(C)(C)C)c2)c(C)c1. The van der Waals surface area contributed by atoms with Crippen molar-refractivity contribution in [3.8, 4) is 5.75 Å². The molecule has 0 bridgehead atoms. The Kier molecular flexibility index (Phi) is 6.40. The number of anilines is 1. The molecule has 140 valence electrons. The first-order valence-electron chi connectivity index (χ1n) is 9.04. The second-order valence-electron chi connectivity index (χ2n) is 7.77. The molecule has 0 unspecified atom stereocenters. The maximum absolute atomic E-state index is 11.8. The molecular formula is C22H29NO2S. The molecule has 0 fully saturated rings. The first kappa shape index (κ1) is 20.4. The molecule has 0 aromatic heterocycles. The number of hydrogen-bond donors (Lipinski definition) is 2. The lowest BCUT2D eigenvalue weighted by Crippen LogP contribution is -2.11. The number of hydrogen-bond acceptors (Lipinski definition) is 3. The Morgan fingerprint density at radius 1 is 1.12 bits per heavy atom. The van der Waals surface area contributed by atoms with Crippen molar-refractivity contribution in [2.24, 2.45) is 0 Å². The minimum Gasteiger partial charge on any atom is -0.508 e. The number of carbonyl (C=O) groups excluding carboxylic acids is 1. The Hall–Kier alpha value is -1.94. The second kappa shape index (κ2) is 8.17. The Bertz CT molecular complexity index is 783. The van der Waals surface area contributed by atoms with Crippen LogP contribution in [0.25, 0.3) is 0 Å². The number of aromatic hydroxyl groups is 1. The Balaban J connectivity index is 2.29. The molecule has 2 aromatic rings. The third kappa shape index (κ3) is 5.04. The summed E-state index contributed by atoms with van der Waals surface area (Å²) < 4.78 is 0. The molecule has 0 saturated heterocycles. The van der Waals surface area contributed by atoms with Crippen LogP contribution in [0.2, 0.25) is 0 Å². The van der Waals surface area contributed by atoms with Gasteiger partial charge in [0.15, 0.2) is 0 Å². The fourth-order valence-electron chi connectivity index (χ4n) is 2.93. The lowest BCUT2D eigenvalue weighted by atomic mass is 9.86. The van der Waals surface area contributed by atoms with Crippen LogP contribution in [0.15, 0.2) is 40.1 Å². The predicted octanol–water partition coefficient (Wildman–Crippen LogP) is 6.20. The Labute approximate surface area is 161 Å². The zero-order chi connectivity index (χ0) is 19.5. The quantitative estimate of drug-likeness (QED) is 0.658. The van der Waals surface area contributed by atoms with Gasteiger partial charge in [0.05, 0.1) is 0 Å². The van der Waals surface area contributed by atoms with Gasteiger partial charge in [-0.1, -0.05) is 39.5 Å². The average Bonchev–Trinajstić information content (AvgIpc) is 2.51. The monoisotopic (exact) mass is 371 g/mol. The largest absolute Gasteiger partial charge is 0.508 e. The summed E-state index contributed by atoms with van der Waals surface area (Å²) in [5.74, 6) is 0.393. The zero-order valence-corrected chi connectivity index (χ0v) is 17.4. The van der Waals surface area contributed by atoms with Gasteiger partial charge in [0.25, 0.3) is 0 Å². The molecule has 3 nitrogen and oxygen atoms in total. The summed E-state index contributed by atoms with van der Waals surface area (Å²) in [4.78, 5) is 14.1. The number of amides is 1. The van der Waals surface area contributed by atoms with Crippen molar-refractivity contribution in [3.05, 3.63) is 47.0 Å². The number of benzene rings is 2. The van der Waals surface area contributed by atoms with E-state index in [4.69, 9.17) is 0 Å². The highest BCUT2D eigenvalue weighted by Gasteiger charge is 2.19. The van der Waals surface area contributed by atoms with E-state index >= 15 is 0 Å². The van der Waals surface area contributed by atoms with Gasteiger partial charge >= 0.3 is 0 Å². The van der Waals surface area contributed by atoms with E-state index in [1.54, 1.807) is 17.8 Å². The van der Waals surface area contributed by atoms with E-state index < -0.39 is 0 Å². The topological polar surface area (TPSA) is 49.3 Å². The molecule has 2 rings (SSSR count). The minimum atomic E-state index is -0.113. The maximum atomic E-state index is 11.8. The Morgan fingerprint density at radius 2 is 1.73 bits per heavy atom. The van der Waals surface area contributed by atoms with Crippen LogP contribution < -0.4 is 5.32 Å².